The lowest BCUT2D eigenvalue weighted by Crippen LogP contribution is -2.37. The van der Waals surface area contributed by atoms with Crippen LogP contribution >= 0.6 is 11.8 Å². The first-order chi connectivity index (χ1) is 15.1. The fourth-order valence-electron chi connectivity index (χ4n) is 3.94. The van der Waals surface area contributed by atoms with Gasteiger partial charge in [-0.3, -0.25) is 14.0 Å². The van der Waals surface area contributed by atoms with Crippen molar-refractivity contribution in [3.8, 4) is 0 Å². The van der Waals surface area contributed by atoms with Crippen molar-refractivity contribution in [1.82, 2.24) is 24.8 Å². The molecule has 1 aromatic carbocycles. The highest BCUT2D eigenvalue weighted by molar-refractivity contribution is 7.98. The van der Waals surface area contributed by atoms with E-state index in [0.29, 0.717) is 5.82 Å². The Morgan fingerprint density at radius 2 is 1.97 bits per heavy atom. The molecule has 0 fully saturated rings. The minimum atomic E-state index is -0.338. The number of fused-ring (bicyclic) bond motifs is 2. The van der Waals surface area contributed by atoms with Gasteiger partial charge in [-0.25, -0.2) is 0 Å². The van der Waals surface area contributed by atoms with Crippen molar-refractivity contribution in [2.24, 2.45) is 0 Å². The molecular formula is C23H25N5O2S. The zero-order chi connectivity index (χ0) is 21.8. The molecule has 160 valence electrons. The average Bonchev–Trinajstić information content (AvgIpc) is 3.20. The van der Waals surface area contributed by atoms with Crippen LogP contribution in [0.15, 0.2) is 54.9 Å². The number of thioether (sulfide) groups is 1. The molecule has 2 unspecified atom stereocenters. The van der Waals surface area contributed by atoms with Gasteiger partial charge in [0, 0.05) is 19.3 Å². The van der Waals surface area contributed by atoms with Gasteiger partial charge < -0.3 is 10.2 Å². The molecule has 0 spiro atoms. The van der Waals surface area contributed by atoms with Crippen LogP contribution in [0.3, 0.4) is 0 Å². The fourth-order valence-corrected chi connectivity index (χ4v) is 4.41. The minimum absolute atomic E-state index is 0.0917. The molecule has 0 bridgehead atoms. The van der Waals surface area contributed by atoms with Crippen molar-refractivity contribution in [2.75, 3.05) is 12.0 Å². The molecular weight excluding hydrogens is 410 g/mol. The highest BCUT2D eigenvalue weighted by Crippen LogP contribution is 2.33. The highest BCUT2D eigenvalue weighted by Gasteiger charge is 2.29. The Hall–Kier alpha value is -3.13. The molecule has 1 aliphatic rings. The number of benzene rings is 1. The zero-order valence-electron chi connectivity index (χ0n) is 17.6. The molecule has 8 heteroatoms. The van der Waals surface area contributed by atoms with E-state index in [1.807, 2.05) is 65.4 Å². The molecule has 1 aliphatic heterocycles. The van der Waals surface area contributed by atoms with E-state index >= 15 is 0 Å². The van der Waals surface area contributed by atoms with Crippen LogP contribution in [-0.2, 0) is 9.59 Å². The van der Waals surface area contributed by atoms with E-state index < -0.39 is 0 Å². The summed E-state index contributed by atoms with van der Waals surface area (Å²) in [6.07, 6.45) is 8.53. The molecule has 0 saturated heterocycles. The fraction of sp³-hybridized carbons (Fsp3) is 0.304. The van der Waals surface area contributed by atoms with Gasteiger partial charge in [0.2, 0.25) is 11.8 Å². The molecule has 1 N–H and O–H groups in total. The lowest BCUT2D eigenvalue weighted by atomic mass is 9.93. The van der Waals surface area contributed by atoms with Crippen molar-refractivity contribution in [3.63, 3.8) is 0 Å². The molecule has 0 saturated carbocycles. The summed E-state index contributed by atoms with van der Waals surface area (Å²) in [6.45, 7) is 1.52. The molecule has 4 rings (SSSR count). The van der Waals surface area contributed by atoms with Gasteiger partial charge in [-0.2, -0.15) is 11.8 Å². The summed E-state index contributed by atoms with van der Waals surface area (Å²) < 4.78 is 1.91. The summed E-state index contributed by atoms with van der Waals surface area (Å²) >= 11 is 1.72. The second-order valence-electron chi connectivity index (χ2n) is 7.48. The van der Waals surface area contributed by atoms with E-state index in [2.05, 4.69) is 15.5 Å². The molecule has 3 aromatic rings. The molecule has 2 atom stereocenters. The Morgan fingerprint density at radius 3 is 2.77 bits per heavy atom. The SMILES string of the molecule is CSCCC(NC(=O)CC1c2ccccc2C=CN1C(C)=O)c1nnc2ccccn12. The summed E-state index contributed by atoms with van der Waals surface area (Å²) in [4.78, 5) is 27.0. The third kappa shape index (κ3) is 4.49. The second-order valence-corrected chi connectivity index (χ2v) is 8.47. The first kappa shape index (κ1) is 21.1. The summed E-state index contributed by atoms with van der Waals surface area (Å²) in [5, 5.41) is 11.7. The van der Waals surface area contributed by atoms with Crippen molar-refractivity contribution < 1.29 is 9.59 Å². The predicted octanol–water partition coefficient (Wildman–Crippen LogP) is 3.60. The number of hydrogen-bond acceptors (Lipinski definition) is 5. The second kappa shape index (κ2) is 9.34. The Labute approximate surface area is 185 Å². The summed E-state index contributed by atoms with van der Waals surface area (Å²) in [5.74, 6) is 1.37. The van der Waals surface area contributed by atoms with Crippen LogP contribution in [0, 0.1) is 0 Å². The smallest absolute Gasteiger partial charge is 0.223 e. The maximum atomic E-state index is 13.2. The first-order valence-corrected chi connectivity index (χ1v) is 11.6. The Morgan fingerprint density at radius 1 is 1.16 bits per heavy atom. The van der Waals surface area contributed by atoms with Crippen LogP contribution in [0.25, 0.3) is 11.7 Å². The van der Waals surface area contributed by atoms with Gasteiger partial charge in [0.25, 0.3) is 0 Å². The number of pyridine rings is 1. The van der Waals surface area contributed by atoms with Crippen LogP contribution in [-0.4, -0.2) is 43.3 Å². The first-order valence-electron chi connectivity index (χ1n) is 10.2. The van der Waals surface area contributed by atoms with Gasteiger partial charge in [0.05, 0.1) is 18.5 Å². The normalized spacial score (nSPS) is 16.2. The number of amides is 2. The van der Waals surface area contributed by atoms with Crippen molar-refractivity contribution >= 4 is 35.3 Å². The third-order valence-corrected chi connectivity index (χ3v) is 6.09. The van der Waals surface area contributed by atoms with E-state index in [4.69, 9.17) is 0 Å². The number of aromatic nitrogens is 3. The minimum Gasteiger partial charge on any atom is -0.346 e. The van der Waals surface area contributed by atoms with Crippen LogP contribution in [0.2, 0.25) is 0 Å². The molecule has 0 radical (unpaired) electrons. The quantitative estimate of drug-likeness (QED) is 0.613. The van der Waals surface area contributed by atoms with Gasteiger partial charge in [0.15, 0.2) is 11.5 Å². The van der Waals surface area contributed by atoms with E-state index in [1.54, 1.807) is 22.9 Å². The van der Waals surface area contributed by atoms with Crippen molar-refractivity contribution in [1.29, 1.82) is 0 Å². The summed E-state index contributed by atoms with van der Waals surface area (Å²) in [5.41, 5.74) is 2.75. The number of nitrogens with one attached hydrogen (secondary N) is 1. The van der Waals surface area contributed by atoms with Crippen LogP contribution in [0.5, 0.6) is 0 Å². The Balaban J connectivity index is 1.57. The molecule has 31 heavy (non-hydrogen) atoms. The Kier molecular flexibility index (Phi) is 6.36. The van der Waals surface area contributed by atoms with Crippen LogP contribution in [0.4, 0.5) is 0 Å². The van der Waals surface area contributed by atoms with Crippen LogP contribution < -0.4 is 5.32 Å². The van der Waals surface area contributed by atoms with Gasteiger partial charge in [-0.15, -0.1) is 10.2 Å². The monoisotopic (exact) mass is 435 g/mol. The van der Waals surface area contributed by atoms with Gasteiger partial charge in [-0.05, 0) is 47.8 Å². The van der Waals surface area contributed by atoms with E-state index in [9.17, 15) is 9.59 Å². The lowest BCUT2D eigenvalue weighted by Gasteiger charge is -2.32. The van der Waals surface area contributed by atoms with Crippen molar-refractivity contribution in [3.05, 3.63) is 71.8 Å². The van der Waals surface area contributed by atoms with Crippen LogP contribution in [0.1, 0.15) is 48.8 Å². The van der Waals surface area contributed by atoms with Gasteiger partial charge in [-0.1, -0.05) is 30.3 Å². The molecule has 2 aromatic heterocycles. The number of hydrogen-bond donors (Lipinski definition) is 1. The average molecular weight is 436 g/mol. The number of nitrogens with zero attached hydrogens (tertiary/aromatic N) is 4. The van der Waals surface area contributed by atoms with E-state index in [-0.39, 0.29) is 30.3 Å². The Bertz CT molecular complexity index is 1130. The molecule has 3 heterocycles. The molecule has 0 aliphatic carbocycles. The number of rotatable bonds is 7. The van der Waals surface area contributed by atoms with E-state index in [1.165, 1.54) is 6.92 Å². The maximum absolute atomic E-state index is 13.2. The van der Waals surface area contributed by atoms with Gasteiger partial charge in [0.1, 0.15) is 0 Å². The molecule has 7 nitrogen and oxygen atoms in total. The van der Waals surface area contributed by atoms with Crippen molar-refractivity contribution in [2.45, 2.75) is 31.8 Å². The predicted molar refractivity (Wildman–Crippen MR) is 122 cm³/mol. The highest BCUT2D eigenvalue weighted by atomic mass is 32.2. The zero-order valence-corrected chi connectivity index (χ0v) is 18.4. The maximum Gasteiger partial charge on any atom is 0.223 e. The standard InChI is InChI=1S/C23H25N5O2S/c1-16(29)27-13-10-17-7-3-4-8-18(17)20(27)15-22(30)24-19(11-14-31-2)23-26-25-21-9-5-6-12-28(21)23/h3-10,12-13,19-20H,11,14-15H2,1-2H3,(H,24,30). The lowest BCUT2D eigenvalue weighted by molar-refractivity contribution is -0.130. The third-order valence-electron chi connectivity index (χ3n) is 5.45. The summed E-state index contributed by atoms with van der Waals surface area (Å²) in [6, 6.07) is 13.0. The van der Waals surface area contributed by atoms with Gasteiger partial charge >= 0.3 is 0 Å². The topological polar surface area (TPSA) is 79.6 Å². The molecule has 2 amide bonds. The number of carbonyl (C=O) groups is 2. The van der Waals surface area contributed by atoms with E-state index in [0.717, 1.165) is 28.9 Å². The largest absolute Gasteiger partial charge is 0.346 e. The number of carbonyl (C=O) groups excluding carboxylic acids is 2. The summed E-state index contributed by atoms with van der Waals surface area (Å²) in [7, 11) is 0.